The highest BCUT2D eigenvalue weighted by Crippen LogP contribution is 2.40. The molecule has 0 fully saturated rings. The zero-order valence-electron chi connectivity index (χ0n) is 12.5. The molecule has 11 heteroatoms. The molecule has 2 rings (SSSR count). The third-order valence-corrected chi connectivity index (χ3v) is 3.50. The van der Waals surface area contributed by atoms with Gasteiger partial charge in [0, 0.05) is 19.9 Å². The van der Waals surface area contributed by atoms with Gasteiger partial charge in [0.25, 0.3) is 5.78 Å². The van der Waals surface area contributed by atoms with E-state index in [0.29, 0.717) is 0 Å². The van der Waals surface area contributed by atoms with Crippen LogP contribution in [0.2, 0.25) is 5.02 Å². The minimum atomic E-state index is -5.28. The van der Waals surface area contributed by atoms with Crippen molar-refractivity contribution in [2.45, 2.75) is 19.1 Å². The van der Waals surface area contributed by atoms with Crippen molar-refractivity contribution in [2.75, 3.05) is 13.7 Å². The minimum absolute atomic E-state index is 0.0319. The first-order valence-corrected chi connectivity index (χ1v) is 7.01. The molecule has 0 atom stereocenters. The number of carbonyl (C=O) groups is 1. The Morgan fingerprint density at radius 2 is 1.84 bits per heavy atom. The van der Waals surface area contributed by atoms with Gasteiger partial charge in [0.15, 0.2) is 0 Å². The van der Waals surface area contributed by atoms with Crippen LogP contribution < -0.4 is 4.74 Å². The first-order chi connectivity index (χ1) is 11.5. The van der Waals surface area contributed by atoms with Crippen LogP contribution in [0, 0.1) is 0 Å². The number of alkyl halides is 6. The number of methoxy groups -OCH3 is 1. The van der Waals surface area contributed by atoms with E-state index >= 15 is 0 Å². The number of benzene rings is 1. The van der Waals surface area contributed by atoms with E-state index in [9.17, 15) is 31.1 Å². The maximum absolute atomic E-state index is 12.8. The lowest BCUT2D eigenvalue weighted by molar-refractivity contribution is -0.274. The van der Waals surface area contributed by atoms with Gasteiger partial charge in [0.2, 0.25) is 0 Å². The second kappa shape index (κ2) is 6.75. The molecule has 0 aliphatic rings. The van der Waals surface area contributed by atoms with E-state index in [-0.39, 0.29) is 23.7 Å². The average Bonchev–Trinajstić information content (AvgIpc) is 2.85. The van der Waals surface area contributed by atoms with Gasteiger partial charge in [-0.15, -0.1) is 13.2 Å². The molecule has 0 radical (unpaired) electrons. The Hall–Kier alpha value is -1.94. The summed E-state index contributed by atoms with van der Waals surface area (Å²) in [6.07, 6.45) is -9.65. The van der Waals surface area contributed by atoms with Crippen LogP contribution in [0.25, 0.3) is 10.9 Å². The van der Waals surface area contributed by atoms with Crippen molar-refractivity contribution >= 4 is 28.3 Å². The number of hydrogen-bond acceptors (Lipinski definition) is 3. The molecule has 0 saturated heterocycles. The quantitative estimate of drug-likeness (QED) is 0.555. The lowest BCUT2D eigenvalue weighted by Gasteiger charge is -2.12. The van der Waals surface area contributed by atoms with Gasteiger partial charge in [-0.1, -0.05) is 11.6 Å². The van der Waals surface area contributed by atoms with Gasteiger partial charge in [-0.25, -0.2) is 0 Å². The SMILES string of the molecule is COCCn1cc(C(=O)C(F)(F)F)c2c(OC(F)(F)F)ccc(Cl)c21. The predicted molar refractivity (Wildman–Crippen MR) is 75.9 cm³/mol. The first kappa shape index (κ1) is 19.4. The fourth-order valence-electron chi connectivity index (χ4n) is 2.27. The van der Waals surface area contributed by atoms with Crippen LogP contribution in [-0.2, 0) is 11.3 Å². The Morgan fingerprint density at radius 1 is 1.20 bits per heavy atom. The predicted octanol–water partition coefficient (Wildman–Crippen LogP) is 4.58. The number of carbonyl (C=O) groups excluding carboxylic acids is 1. The normalized spacial score (nSPS) is 12.6. The highest BCUT2D eigenvalue weighted by Gasteiger charge is 2.42. The Morgan fingerprint density at radius 3 is 2.36 bits per heavy atom. The van der Waals surface area contributed by atoms with E-state index in [1.807, 2.05) is 0 Å². The number of ether oxygens (including phenoxy) is 2. The summed E-state index contributed by atoms with van der Waals surface area (Å²) in [5.74, 6) is -3.25. The molecule has 0 spiro atoms. The smallest absolute Gasteiger partial charge is 0.405 e. The lowest BCUT2D eigenvalue weighted by atomic mass is 10.1. The van der Waals surface area contributed by atoms with Crippen molar-refractivity contribution in [1.29, 1.82) is 0 Å². The van der Waals surface area contributed by atoms with Crippen molar-refractivity contribution in [3.8, 4) is 5.75 Å². The van der Waals surface area contributed by atoms with Crippen molar-refractivity contribution in [2.24, 2.45) is 0 Å². The number of aromatic nitrogens is 1. The largest absolute Gasteiger partial charge is 0.573 e. The topological polar surface area (TPSA) is 40.5 Å². The summed E-state index contributed by atoms with van der Waals surface area (Å²) in [4.78, 5) is 11.6. The molecule has 138 valence electrons. The lowest BCUT2D eigenvalue weighted by Crippen LogP contribution is -2.23. The standard InChI is InChI=1S/C14H10ClF6NO3/c1-24-5-4-22-6-7(12(23)13(16,17)18)10-9(25-14(19,20)21)3-2-8(15)11(10)22/h2-3,6H,4-5H2,1H3. The summed E-state index contributed by atoms with van der Waals surface area (Å²) >= 11 is 5.93. The van der Waals surface area contributed by atoms with Crippen molar-refractivity contribution in [3.63, 3.8) is 0 Å². The van der Waals surface area contributed by atoms with Crippen LogP contribution in [0.1, 0.15) is 10.4 Å². The van der Waals surface area contributed by atoms with Crippen LogP contribution in [0.3, 0.4) is 0 Å². The Bertz CT molecular complexity index is 796. The number of halogens is 7. The minimum Gasteiger partial charge on any atom is -0.405 e. The van der Waals surface area contributed by atoms with Gasteiger partial charge in [-0.3, -0.25) is 4.79 Å². The second-order valence-corrected chi connectivity index (χ2v) is 5.28. The summed E-state index contributed by atoms with van der Waals surface area (Å²) in [6, 6.07) is 1.79. The molecular weight excluding hydrogens is 380 g/mol. The van der Waals surface area contributed by atoms with Gasteiger partial charge >= 0.3 is 12.5 Å². The molecule has 0 saturated carbocycles. The summed E-state index contributed by atoms with van der Waals surface area (Å²) < 4.78 is 85.8. The molecule has 0 amide bonds. The number of ketones is 1. The van der Waals surface area contributed by atoms with Crippen LogP contribution in [-0.4, -0.2) is 36.6 Å². The molecule has 0 aliphatic heterocycles. The molecule has 25 heavy (non-hydrogen) atoms. The Kier molecular flexibility index (Phi) is 5.24. The monoisotopic (exact) mass is 389 g/mol. The van der Waals surface area contributed by atoms with Crippen LogP contribution >= 0.6 is 11.6 Å². The Balaban J connectivity index is 2.77. The van der Waals surface area contributed by atoms with E-state index in [0.717, 1.165) is 22.9 Å². The third-order valence-electron chi connectivity index (χ3n) is 3.20. The molecule has 0 bridgehead atoms. The maximum Gasteiger partial charge on any atom is 0.573 e. The molecular formula is C14H10ClF6NO3. The molecule has 1 aromatic heterocycles. The van der Waals surface area contributed by atoms with E-state index in [1.54, 1.807) is 0 Å². The number of hydrogen-bond donors (Lipinski definition) is 0. The van der Waals surface area contributed by atoms with Crippen LogP contribution in [0.4, 0.5) is 26.3 Å². The molecule has 0 N–H and O–H groups in total. The van der Waals surface area contributed by atoms with E-state index < -0.39 is 35.0 Å². The maximum atomic E-state index is 12.8. The number of Topliss-reactive ketones (excluding diaryl/α,β-unsaturated/α-hetero) is 1. The Labute approximate surface area is 141 Å². The van der Waals surface area contributed by atoms with Crippen molar-refractivity contribution < 1.29 is 40.6 Å². The average molecular weight is 390 g/mol. The van der Waals surface area contributed by atoms with Gasteiger partial charge < -0.3 is 14.0 Å². The van der Waals surface area contributed by atoms with Gasteiger partial charge in [0.1, 0.15) is 5.75 Å². The molecule has 1 heterocycles. The molecule has 0 aliphatic carbocycles. The summed E-state index contributed by atoms with van der Waals surface area (Å²) in [5.41, 5.74) is -1.17. The van der Waals surface area contributed by atoms with Crippen LogP contribution in [0.5, 0.6) is 5.75 Å². The molecule has 4 nitrogen and oxygen atoms in total. The van der Waals surface area contributed by atoms with E-state index in [2.05, 4.69) is 4.74 Å². The van der Waals surface area contributed by atoms with Gasteiger partial charge in [0.05, 0.1) is 28.1 Å². The second-order valence-electron chi connectivity index (χ2n) is 4.87. The number of nitrogens with zero attached hydrogens (tertiary/aromatic N) is 1. The van der Waals surface area contributed by atoms with Crippen LogP contribution in [0.15, 0.2) is 18.3 Å². The first-order valence-electron chi connectivity index (χ1n) is 6.63. The highest BCUT2D eigenvalue weighted by molar-refractivity contribution is 6.36. The fraction of sp³-hybridized carbons (Fsp3) is 0.357. The third kappa shape index (κ3) is 4.18. The van der Waals surface area contributed by atoms with Gasteiger partial charge in [-0.05, 0) is 12.1 Å². The number of fused-ring (bicyclic) bond motifs is 1. The summed E-state index contributed by atoms with van der Waals surface area (Å²) in [5, 5.41) is -0.801. The molecule has 0 unspecified atom stereocenters. The van der Waals surface area contributed by atoms with E-state index in [1.165, 1.54) is 7.11 Å². The molecule has 1 aromatic carbocycles. The molecule has 2 aromatic rings. The zero-order valence-corrected chi connectivity index (χ0v) is 13.2. The van der Waals surface area contributed by atoms with E-state index in [4.69, 9.17) is 16.3 Å². The summed E-state index contributed by atoms with van der Waals surface area (Å²) in [6.45, 7) is -0.00254. The highest BCUT2D eigenvalue weighted by atomic mass is 35.5. The fourth-order valence-corrected chi connectivity index (χ4v) is 2.54. The summed E-state index contributed by atoms with van der Waals surface area (Å²) in [7, 11) is 1.33. The number of rotatable bonds is 5. The zero-order chi connectivity index (χ0) is 19.0. The van der Waals surface area contributed by atoms with Crippen molar-refractivity contribution in [3.05, 3.63) is 28.9 Å². The van der Waals surface area contributed by atoms with Gasteiger partial charge in [-0.2, -0.15) is 13.2 Å². The van der Waals surface area contributed by atoms with Crippen molar-refractivity contribution in [1.82, 2.24) is 4.57 Å².